The van der Waals surface area contributed by atoms with E-state index in [1.165, 1.54) is 0 Å². The van der Waals surface area contributed by atoms with E-state index in [0.717, 1.165) is 22.3 Å². The van der Waals surface area contributed by atoms with Crippen LogP contribution in [0.3, 0.4) is 0 Å². The summed E-state index contributed by atoms with van der Waals surface area (Å²) in [6.45, 7) is 7.42. The molecule has 2 aromatic rings. The molecule has 0 aliphatic carbocycles. The lowest BCUT2D eigenvalue weighted by Gasteiger charge is -2.16. The summed E-state index contributed by atoms with van der Waals surface area (Å²) in [5.41, 5.74) is 9.67. The third kappa shape index (κ3) is 3.73. The van der Waals surface area contributed by atoms with Gasteiger partial charge in [0, 0.05) is 0 Å². The monoisotopic (exact) mass is 323 g/mol. The van der Waals surface area contributed by atoms with Crippen LogP contribution in [-0.4, -0.2) is 16.2 Å². The molecule has 4 N–H and O–H groups in total. The zero-order valence-electron chi connectivity index (χ0n) is 13.4. The zero-order valence-corrected chi connectivity index (χ0v) is 13.4. The molecule has 0 bridgehead atoms. The number of phenolic OH excluding ortho intramolecular Hbond substituents is 1. The van der Waals surface area contributed by atoms with Crippen molar-refractivity contribution in [3.8, 4) is 16.9 Å². The first-order valence-electron chi connectivity index (χ1n) is 7.63. The summed E-state index contributed by atoms with van der Waals surface area (Å²) in [6.07, 6.45) is 4.69. The van der Waals surface area contributed by atoms with Gasteiger partial charge in [0.1, 0.15) is 11.8 Å². The number of carbonyl (C=O) groups is 1. The normalized spacial score (nSPS) is 11.7. The van der Waals surface area contributed by atoms with Gasteiger partial charge in [-0.15, -0.1) is 13.2 Å². The summed E-state index contributed by atoms with van der Waals surface area (Å²) in [5, 5.41) is 19.2. The van der Waals surface area contributed by atoms with Crippen molar-refractivity contribution < 1.29 is 15.0 Å². The van der Waals surface area contributed by atoms with Crippen LogP contribution in [0.25, 0.3) is 11.1 Å². The minimum atomic E-state index is -1.12. The second-order valence-corrected chi connectivity index (χ2v) is 5.57. The number of benzene rings is 2. The van der Waals surface area contributed by atoms with Crippen molar-refractivity contribution in [1.29, 1.82) is 0 Å². The summed E-state index contributed by atoms with van der Waals surface area (Å²) >= 11 is 0. The molecule has 0 aromatic heterocycles. The highest BCUT2D eigenvalue weighted by molar-refractivity contribution is 5.81. The number of aromatic hydroxyl groups is 1. The molecule has 0 amide bonds. The smallest absolute Gasteiger partial charge is 0.325 e. The number of hydrogen-bond acceptors (Lipinski definition) is 3. The van der Waals surface area contributed by atoms with Gasteiger partial charge in [0.25, 0.3) is 0 Å². The third-order valence-corrected chi connectivity index (χ3v) is 3.85. The molecule has 24 heavy (non-hydrogen) atoms. The first-order valence-corrected chi connectivity index (χ1v) is 7.63. The zero-order chi connectivity index (χ0) is 17.7. The molecule has 1 unspecified atom stereocenters. The Hall–Kier alpha value is -2.85. The highest BCUT2D eigenvalue weighted by Crippen LogP contribution is 2.32. The number of rotatable bonds is 7. The SMILES string of the molecule is C=CCc1ccc(C(N)C(=O)O)c(-c2ccc(O)c(CC=C)c2)c1. The van der Waals surface area contributed by atoms with Gasteiger partial charge in [-0.05, 0) is 52.8 Å². The van der Waals surface area contributed by atoms with Gasteiger partial charge in [0.05, 0.1) is 0 Å². The van der Waals surface area contributed by atoms with E-state index in [0.29, 0.717) is 18.4 Å². The fourth-order valence-electron chi connectivity index (χ4n) is 2.62. The minimum Gasteiger partial charge on any atom is -0.508 e. The van der Waals surface area contributed by atoms with Crippen LogP contribution in [0.15, 0.2) is 61.7 Å². The van der Waals surface area contributed by atoms with E-state index in [9.17, 15) is 15.0 Å². The topological polar surface area (TPSA) is 83.6 Å². The molecule has 4 nitrogen and oxygen atoms in total. The molecule has 0 heterocycles. The average Bonchev–Trinajstić information content (AvgIpc) is 2.56. The second kappa shape index (κ2) is 7.62. The number of nitrogens with two attached hydrogens (primary N) is 1. The molecule has 0 saturated heterocycles. The Labute approximate surface area is 141 Å². The fraction of sp³-hybridized carbons (Fsp3) is 0.150. The molecule has 2 aromatic carbocycles. The molecular formula is C20H21NO3. The number of carboxylic acids is 1. The van der Waals surface area contributed by atoms with Crippen LogP contribution >= 0.6 is 0 Å². The Morgan fingerprint density at radius 1 is 1.12 bits per heavy atom. The Balaban J connectivity index is 2.63. The Morgan fingerprint density at radius 3 is 2.46 bits per heavy atom. The molecule has 0 fully saturated rings. The van der Waals surface area contributed by atoms with Crippen LogP contribution in [0.4, 0.5) is 0 Å². The van der Waals surface area contributed by atoms with Gasteiger partial charge in [-0.25, -0.2) is 0 Å². The van der Waals surface area contributed by atoms with E-state index < -0.39 is 12.0 Å². The maximum Gasteiger partial charge on any atom is 0.325 e. The van der Waals surface area contributed by atoms with Crippen molar-refractivity contribution in [3.63, 3.8) is 0 Å². The van der Waals surface area contributed by atoms with Crippen LogP contribution in [0, 0.1) is 0 Å². The standard InChI is InChI=1S/C20H21NO3/c1-3-5-13-7-9-16(19(21)20(23)24)17(11-13)14-8-10-18(22)15(12-14)6-4-2/h3-4,7-12,19,22H,1-2,5-6,21H2,(H,23,24). The Bertz CT molecular complexity index is 780. The molecule has 124 valence electrons. The van der Waals surface area contributed by atoms with E-state index in [2.05, 4.69) is 13.2 Å². The predicted molar refractivity (Wildman–Crippen MR) is 95.9 cm³/mol. The molecule has 0 aliphatic heterocycles. The van der Waals surface area contributed by atoms with E-state index in [1.807, 2.05) is 18.2 Å². The largest absolute Gasteiger partial charge is 0.508 e. The van der Waals surface area contributed by atoms with E-state index in [1.54, 1.807) is 30.4 Å². The molecule has 0 aliphatic rings. The predicted octanol–water partition coefficient (Wildman–Crippen LogP) is 3.60. The van der Waals surface area contributed by atoms with Crippen molar-refractivity contribution >= 4 is 5.97 Å². The summed E-state index contributed by atoms with van der Waals surface area (Å²) in [5.74, 6) is -0.900. The van der Waals surface area contributed by atoms with Crippen LogP contribution < -0.4 is 5.73 Å². The number of phenols is 1. The van der Waals surface area contributed by atoms with Crippen molar-refractivity contribution in [2.45, 2.75) is 18.9 Å². The second-order valence-electron chi connectivity index (χ2n) is 5.57. The minimum absolute atomic E-state index is 0.185. The van der Waals surface area contributed by atoms with Gasteiger partial charge in [-0.3, -0.25) is 4.79 Å². The number of allylic oxidation sites excluding steroid dienone is 2. The fourth-order valence-corrected chi connectivity index (χ4v) is 2.62. The van der Waals surface area contributed by atoms with Crippen LogP contribution in [0.2, 0.25) is 0 Å². The van der Waals surface area contributed by atoms with E-state index in [-0.39, 0.29) is 5.75 Å². The highest BCUT2D eigenvalue weighted by Gasteiger charge is 2.19. The van der Waals surface area contributed by atoms with Crippen molar-refractivity contribution in [2.24, 2.45) is 5.73 Å². The van der Waals surface area contributed by atoms with Gasteiger partial charge in [0.2, 0.25) is 0 Å². The summed E-state index contributed by atoms with van der Waals surface area (Å²) in [7, 11) is 0. The highest BCUT2D eigenvalue weighted by atomic mass is 16.4. The summed E-state index contributed by atoms with van der Waals surface area (Å²) in [4.78, 5) is 11.3. The van der Waals surface area contributed by atoms with Crippen molar-refractivity contribution in [2.75, 3.05) is 0 Å². The molecule has 2 rings (SSSR count). The van der Waals surface area contributed by atoms with Gasteiger partial charge < -0.3 is 15.9 Å². The van der Waals surface area contributed by atoms with Crippen LogP contribution in [0.1, 0.15) is 22.7 Å². The average molecular weight is 323 g/mol. The molecule has 0 radical (unpaired) electrons. The maximum absolute atomic E-state index is 11.3. The van der Waals surface area contributed by atoms with Crippen LogP contribution in [-0.2, 0) is 17.6 Å². The molecule has 0 saturated carbocycles. The lowest BCUT2D eigenvalue weighted by Crippen LogP contribution is -2.21. The van der Waals surface area contributed by atoms with Gasteiger partial charge in [0.15, 0.2) is 0 Å². The molecule has 4 heteroatoms. The van der Waals surface area contributed by atoms with Gasteiger partial charge in [-0.1, -0.05) is 36.4 Å². The van der Waals surface area contributed by atoms with E-state index >= 15 is 0 Å². The maximum atomic E-state index is 11.3. The molecule has 1 atom stereocenters. The summed E-state index contributed by atoms with van der Waals surface area (Å²) in [6, 6.07) is 9.60. The quantitative estimate of drug-likeness (QED) is 0.680. The number of hydrogen-bond donors (Lipinski definition) is 3. The summed E-state index contributed by atoms with van der Waals surface area (Å²) < 4.78 is 0. The Morgan fingerprint density at radius 2 is 1.83 bits per heavy atom. The third-order valence-electron chi connectivity index (χ3n) is 3.85. The van der Waals surface area contributed by atoms with Crippen LogP contribution in [0.5, 0.6) is 5.75 Å². The molecule has 0 spiro atoms. The Kier molecular flexibility index (Phi) is 5.55. The van der Waals surface area contributed by atoms with Gasteiger partial charge in [-0.2, -0.15) is 0 Å². The lowest BCUT2D eigenvalue weighted by molar-refractivity contribution is -0.138. The molecular weight excluding hydrogens is 302 g/mol. The lowest BCUT2D eigenvalue weighted by atomic mass is 9.91. The number of carboxylic acid groups (broad SMARTS) is 1. The first kappa shape index (κ1) is 17.5. The van der Waals surface area contributed by atoms with Gasteiger partial charge >= 0.3 is 5.97 Å². The first-order chi connectivity index (χ1) is 11.5. The number of aliphatic carboxylic acids is 1. The van der Waals surface area contributed by atoms with E-state index in [4.69, 9.17) is 5.73 Å². The van der Waals surface area contributed by atoms with Crippen molar-refractivity contribution in [3.05, 3.63) is 78.4 Å². The van der Waals surface area contributed by atoms with Crippen molar-refractivity contribution in [1.82, 2.24) is 0 Å².